The molecular formula is C53H74ClN9O17S. The average molecular weight is 1180 g/mol. The molecule has 1 unspecified atom stereocenters. The number of ether oxygens (including phenoxy) is 5. The van der Waals surface area contributed by atoms with Gasteiger partial charge in [-0.25, -0.2) is 9.59 Å². The molecule has 0 radical (unpaired) electrons. The second-order valence-electron chi connectivity index (χ2n) is 20.3. The highest BCUT2D eigenvalue weighted by molar-refractivity contribution is 8.00. The number of methoxy groups -OCH3 is 2. The Morgan fingerprint density at radius 1 is 0.938 bits per heavy atom. The van der Waals surface area contributed by atoms with Crippen molar-refractivity contribution in [2.24, 2.45) is 5.92 Å². The number of carbonyl (C=O) groups is 11. The van der Waals surface area contributed by atoms with E-state index in [9.17, 15) is 57.8 Å². The molecular weight excluding hydrogens is 1100 g/mol. The number of fused-ring (bicyclic) bond motifs is 5. The zero-order valence-corrected chi connectivity index (χ0v) is 48.5. The Bertz CT molecular complexity index is 2640. The van der Waals surface area contributed by atoms with Gasteiger partial charge in [0.1, 0.15) is 40.7 Å². The van der Waals surface area contributed by atoms with E-state index in [1.807, 2.05) is 13.0 Å². The van der Waals surface area contributed by atoms with E-state index in [2.05, 4.69) is 31.9 Å². The van der Waals surface area contributed by atoms with Gasteiger partial charge in [0.05, 0.1) is 50.2 Å². The number of hydrogen-bond donors (Lipinski definition) is 7. The van der Waals surface area contributed by atoms with Crippen molar-refractivity contribution >= 4 is 94.3 Å². The number of carbonyl (C=O) groups excluding carboxylic acids is 11. The number of halogens is 1. The third-order valence-corrected chi connectivity index (χ3v) is 16.0. The number of benzene rings is 1. The number of nitrogens with one attached hydrogen (secondary N) is 6. The zero-order chi connectivity index (χ0) is 59.9. The lowest BCUT2D eigenvalue weighted by atomic mass is 9.83. The van der Waals surface area contributed by atoms with E-state index in [4.69, 9.17) is 35.3 Å². The molecule has 10 amide bonds. The fraction of sp³-hybridized carbons (Fsp3) is 0.604. The number of epoxide rings is 1. The van der Waals surface area contributed by atoms with E-state index < -0.39 is 132 Å². The maximum absolute atomic E-state index is 14.4. The highest BCUT2D eigenvalue weighted by atomic mass is 35.5. The van der Waals surface area contributed by atoms with Gasteiger partial charge in [0.15, 0.2) is 5.72 Å². The number of aliphatic hydroxyl groups is 1. The highest BCUT2D eigenvalue weighted by Crippen LogP contribution is 2.49. The Morgan fingerprint density at radius 2 is 1.59 bits per heavy atom. The van der Waals surface area contributed by atoms with Gasteiger partial charge in [0, 0.05) is 85.1 Å². The number of allylic oxidation sites excluding steroid dienone is 3. The van der Waals surface area contributed by atoms with Crippen molar-refractivity contribution < 1.29 is 81.5 Å². The summed E-state index contributed by atoms with van der Waals surface area (Å²) in [4.78, 5) is 144. The SMILES string of the molecule is CNC(=O)CCNC(=O)CNC(=O)CNC(=O)CNC(=O)CCCN1C(=O)CC(SCCC(=O)N(C)[C@@H](C)C(=O)O[C@H]2CC(=O)N(C)c3cc(cc(OC)c3Cl)C/C(C)=C/C=C/[C@@H](OC)[C@@]3(O)C[C@H](OC(=O)N3)[C@@H](C)[C@@H]3O[C@@]23C)C1=O. The minimum atomic E-state index is -1.91. The van der Waals surface area contributed by atoms with Gasteiger partial charge in [-0.2, -0.15) is 0 Å². The second kappa shape index (κ2) is 29.3. The molecule has 4 bridgehead atoms. The molecule has 7 N–H and O–H groups in total. The predicted molar refractivity (Wildman–Crippen MR) is 293 cm³/mol. The molecule has 446 valence electrons. The molecule has 26 nitrogen and oxygen atoms in total. The van der Waals surface area contributed by atoms with Crippen molar-refractivity contribution in [2.75, 3.05) is 78.7 Å². The van der Waals surface area contributed by atoms with Crippen LogP contribution in [0.3, 0.4) is 0 Å². The minimum Gasteiger partial charge on any atom is -0.495 e. The van der Waals surface area contributed by atoms with Crippen LogP contribution in [-0.4, -0.2) is 201 Å². The summed E-state index contributed by atoms with van der Waals surface area (Å²) < 4.78 is 29.4. The predicted octanol–water partition coefficient (Wildman–Crippen LogP) is 0.146. The lowest BCUT2D eigenvalue weighted by molar-refractivity contribution is -0.162. The molecule has 0 spiro atoms. The molecule has 4 heterocycles. The topological polar surface area (TPSA) is 339 Å². The first kappa shape index (κ1) is 65.0. The molecule has 1 aromatic carbocycles. The van der Waals surface area contributed by atoms with Crippen LogP contribution in [0, 0.1) is 5.92 Å². The van der Waals surface area contributed by atoms with Crippen molar-refractivity contribution in [2.45, 2.75) is 126 Å². The molecule has 81 heavy (non-hydrogen) atoms. The third-order valence-electron chi connectivity index (χ3n) is 14.4. The number of nitrogens with zero attached hydrogens (tertiary/aromatic N) is 3. The molecule has 3 saturated heterocycles. The number of likely N-dealkylation sites (tertiary alicyclic amines) is 1. The van der Waals surface area contributed by atoms with Crippen molar-refractivity contribution in [3.63, 3.8) is 0 Å². The summed E-state index contributed by atoms with van der Waals surface area (Å²) in [5, 5.41) is 25.6. The summed E-state index contributed by atoms with van der Waals surface area (Å²) in [6, 6.07) is 2.30. The minimum absolute atomic E-state index is 0.0656. The standard InChI is InChI=1S/C53H74ClN9O17S/c1-29-12-10-13-37(77-9)53(75)25-35(78-51(74)60-53)30(2)48-52(4,80-48)38(24-45(70)62(7)33-21-32(20-29)22-34(76-8)47(33)54)79-50(73)31(3)61(6)44(69)16-19-81-36-23-46(71)63(49(36)72)18-11-14-40(65)57-27-42(67)59-28-43(68)58-26-41(66)56-17-15-39(64)55-5/h10,12-13,21-22,30-31,35-38,48,75H,11,14-20,23-28H2,1-9H3,(H,55,64)(H,56,66)(H,57,65)(H,58,68)(H,59,67)(H,60,74)/b13-10+,29-12+/t30-,31+,35+,36?,37-,38+,48+,52+,53+/m1/s1. The van der Waals surface area contributed by atoms with Crippen molar-refractivity contribution in [3.8, 4) is 5.75 Å². The van der Waals surface area contributed by atoms with E-state index in [1.54, 1.807) is 38.1 Å². The summed E-state index contributed by atoms with van der Waals surface area (Å²) in [5.74, 6) is -5.75. The van der Waals surface area contributed by atoms with Gasteiger partial charge in [-0.05, 0) is 51.3 Å². The number of alkyl carbamates (subject to hydrolysis) is 1. The van der Waals surface area contributed by atoms with Crippen LogP contribution < -0.4 is 41.5 Å². The van der Waals surface area contributed by atoms with Gasteiger partial charge in [0.25, 0.3) is 0 Å². The van der Waals surface area contributed by atoms with Crippen LogP contribution in [0.5, 0.6) is 5.75 Å². The van der Waals surface area contributed by atoms with Crippen LogP contribution in [0.4, 0.5) is 10.5 Å². The van der Waals surface area contributed by atoms with Crippen molar-refractivity contribution in [1.82, 2.24) is 41.7 Å². The van der Waals surface area contributed by atoms with E-state index >= 15 is 0 Å². The number of amides is 10. The smallest absolute Gasteiger partial charge is 0.409 e. The maximum Gasteiger partial charge on any atom is 0.409 e. The fourth-order valence-corrected chi connectivity index (χ4v) is 10.8. The largest absolute Gasteiger partial charge is 0.495 e. The van der Waals surface area contributed by atoms with Gasteiger partial charge in [-0.15, -0.1) is 11.8 Å². The first-order valence-corrected chi connectivity index (χ1v) is 27.8. The molecule has 9 atom stereocenters. The quantitative estimate of drug-likeness (QED) is 0.0461. The van der Waals surface area contributed by atoms with E-state index in [1.165, 1.54) is 52.1 Å². The molecule has 1 aromatic rings. The lowest BCUT2D eigenvalue weighted by Crippen LogP contribution is -2.63. The van der Waals surface area contributed by atoms with Gasteiger partial charge < -0.3 is 65.2 Å². The lowest BCUT2D eigenvalue weighted by Gasteiger charge is -2.42. The summed E-state index contributed by atoms with van der Waals surface area (Å²) >= 11 is 7.90. The number of thioether (sulfide) groups is 1. The molecule has 0 aliphatic carbocycles. The van der Waals surface area contributed by atoms with Crippen molar-refractivity contribution in [1.29, 1.82) is 0 Å². The van der Waals surface area contributed by atoms with Crippen LogP contribution in [0.1, 0.15) is 78.2 Å². The molecule has 4 aliphatic rings. The molecule has 0 aromatic heterocycles. The van der Waals surface area contributed by atoms with Crippen LogP contribution >= 0.6 is 23.4 Å². The molecule has 3 fully saturated rings. The molecule has 0 saturated carbocycles. The van der Waals surface area contributed by atoms with Gasteiger partial charge in [-0.3, -0.25) is 53.4 Å². The first-order chi connectivity index (χ1) is 38.2. The number of likely N-dealkylation sites (N-methyl/N-ethyl adjacent to an activating group) is 1. The Kier molecular flexibility index (Phi) is 23.5. The summed E-state index contributed by atoms with van der Waals surface area (Å²) in [7, 11) is 7.23. The second-order valence-corrected chi connectivity index (χ2v) is 22.0. The van der Waals surface area contributed by atoms with E-state index in [0.29, 0.717) is 17.9 Å². The van der Waals surface area contributed by atoms with Crippen LogP contribution in [0.15, 0.2) is 35.9 Å². The Labute approximate surface area is 478 Å². The Hall–Kier alpha value is -6.81. The van der Waals surface area contributed by atoms with Gasteiger partial charge >= 0.3 is 12.1 Å². The van der Waals surface area contributed by atoms with Crippen LogP contribution in [0.2, 0.25) is 5.02 Å². The number of imide groups is 1. The normalized spacial score (nSPS) is 26.0. The summed E-state index contributed by atoms with van der Waals surface area (Å²) in [5.41, 5.74) is -1.31. The number of rotatable bonds is 22. The van der Waals surface area contributed by atoms with Crippen LogP contribution in [-0.2, 0) is 73.3 Å². The Balaban J connectivity index is 1.14. The zero-order valence-electron chi connectivity index (χ0n) is 46.9. The number of anilines is 1. The average Bonchev–Trinajstić information content (AvgIpc) is 4.05. The van der Waals surface area contributed by atoms with E-state index in [-0.39, 0.29) is 74.8 Å². The van der Waals surface area contributed by atoms with Gasteiger partial charge in [-0.1, -0.05) is 42.3 Å². The molecule has 5 rings (SSSR count). The fourth-order valence-electron chi connectivity index (χ4n) is 9.35. The maximum atomic E-state index is 14.4. The molecule has 28 heteroatoms. The van der Waals surface area contributed by atoms with Gasteiger partial charge in [0.2, 0.25) is 53.2 Å². The summed E-state index contributed by atoms with van der Waals surface area (Å²) in [6.07, 6.45) is -0.156. The molecule has 4 aliphatic heterocycles. The van der Waals surface area contributed by atoms with Crippen molar-refractivity contribution in [3.05, 3.63) is 46.5 Å². The van der Waals surface area contributed by atoms with E-state index in [0.717, 1.165) is 27.8 Å². The number of hydrogen-bond acceptors (Lipinski definition) is 18. The third kappa shape index (κ3) is 17.6. The number of esters is 1. The monoisotopic (exact) mass is 1180 g/mol. The summed E-state index contributed by atoms with van der Waals surface area (Å²) in [6.45, 7) is 5.44. The first-order valence-electron chi connectivity index (χ1n) is 26.3. The Morgan fingerprint density at radius 3 is 2.23 bits per heavy atom. The van der Waals surface area contributed by atoms with Crippen LogP contribution in [0.25, 0.3) is 0 Å². The highest BCUT2D eigenvalue weighted by Gasteiger charge is 2.64.